The van der Waals surface area contributed by atoms with E-state index in [1.54, 1.807) is 0 Å². The van der Waals surface area contributed by atoms with Gasteiger partial charge in [-0.3, -0.25) is 0 Å². The molecule has 1 aromatic rings. The van der Waals surface area contributed by atoms with E-state index < -0.39 is 5.97 Å². The van der Waals surface area contributed by atoms with Crippen LogP contribution in [0, 0.1) is 0 Å². The number of esters is 1. The molecule has 0 radical (unpaired) electrons. The summed E-state index contributed by atoms with van der Waals surface area (Å²) < 4.78 is 8.56. The summed E-state index contributed by atoms with van der Waals surface area (Å²) in [6.45, 7) is 2.77. The Kier molecular flexibility index (Phi) is 3.29. The molecule has 0 atom stereocenters. The molecule has 0 bridgehead atoms. The van der Waals surface area contributed by atoms with Crippen LogP contribution in [0.4, 0.5) is 10.8 Å². The Balaban J connectivity index is 3.12. The molecule has 1 aromatic heterocycles. The monoisotopic (exact) mass is 215 g/mol. The van der Waals surface area contributed by atoms with Crippen LogP contribution in [0.2, 0.25) is 0 Å². The van der Waals surface area contributed by atoms with E-state index in [0.717, 1.165) is 11.5 Å². The molecule has 0 saturated heterocycles. The van der Waals surface area contributed by atoms with Crippen LogP contribution >= 0.6 is 11.5 Å². The van der Waals surface area contributed by atoms with Crippen LogP contribution in [0.3, 0.4) is 0 Å². The molecule has 0 aromatic carbocycles. The van der Waals surface area contributed by atoms with Gasteiger partial charge >= 0.3 is 5.97 Å². The normalized spacial score (nSPS) is 9.93. The summed E-state index contributed by atoms with van der Waals surface area (Å²) in [6, 6.07) is 0. The van der Waals surface area contributed by atoms with Crippen molar-refractivity contribution >= 4 is 28.3 Å². The number of rotatable bonds is 3. The number of nitrogen functional groups attached to an aromatic ring is 1. The number of carbonyl (C=O) groups is 1. The Hall–Kier alpha value is -1.30. The van der Waals surface area contributed by atoms with Gasteiger partial charge < -0.3 is 15.4 Å². The van der Waals surface area contributed by atoms with Crippen LogP contribution in [-0.4, -0.2) is 31.0 Å². The molecule has 0 aliphatic rings. The van der Waals surface area contributed by atoms with E-state index in [1.165, 1.54) is 18.6 Å². The van der Waals surface area contributed by atoms with Crippen LogP contribution < -0.4 is 10.6 Å². The fourth-order valence-electron chi connectivity index (χ4n) is 0.991. The SMILES string of the molecule is CCN(C)c1snc(N)c1C(=O)OC. The van der Waals surface area contributed by atoms with Crippen molar-refractivity contribution in [1.82, 2.24) is 4.37 Å². The summed E-state index contributed by atoms with van der Waals surface area (Å²) in [6.07, 6.45) is 0. The molecule has 1 heterocycles. The first-order valence-electron chi connectivity index (χ1n) is 4.16. The van der Waals surface area contributed by atoms with Gasteiger partial charge in [-0.05, 0) is 18.5 Å². The average molecular weight is 215 g/mol. The highest BCUT2D eigenvalue weighted by molar-refractivity contribution is 7.11. The van der Waals surface area contributed by atoms with Crippen LogP contribution in [0.5, 0.6) is 0 Å². The molecular weight excluding hydrogens is 202 g/mol. The Labute approximate surface area is 86.6 Å². The van der Waals surface area contributed by atoms with Gasteiger partial charge in [-0.1, -0.05) is 0 Å². The second-order valence-corrected chi connectivity index (χ2v) is 3.51. The first kappa shape index (κ1) is 10.8. The Morgan fingerprint density at radius 1 is 1.71 bits per heavy atom. The fourth-order valence-corrected chi connectivity index (χ4v) is 1.82. The minimum absolute atomic E-state index is 0.233. The summed E-state index contributed by atoms with van der Waals surface area (Å²) in [5.41, 5.74) is 5.94. The largest absolute Gasteiger partial charge is 0.465 e. The van der Waals surface area contributed by atoms with E-state index in [-0.39, 0.29) is 5.82 Å². The summed E-state index contributed by atoms with van der Waals surface area (Å²) in [5, 5.41) is 0.747. The Morgan fingerprint density at radius 2 is 2.36 bits per heavy atom. The van der Waals surface area contributed by atoms with Gasteiger partial charge in [-0.2, -0.15) is 4.37 Å². The maximum atomic E-state index is 11.4. The molecule has 14 heavy (non-hydrogen) atoms. The molecule has 0 aliphatic carbocycles. The summed E-state index contributed by atoms with van der Waals surface area (Å²) >= 11 is 1.20. The standard InChI is InChI=1S/C8H13N3O2S/c1-4-11(2)7-5(8(12)13-3)6(9)10-14-7/h4H2,1-3H3,(H2,9,10). The van der Waals surface area contributed by atoms with E-state index in [2.05, 4.69) is 9.11 Å². The highest BCUT2D eigenvalue weighted by Gasteiger charge is 2.21. The van der Waals surface area contributed by atoms with Crippen LogP contribution in [0.1, 0.15) is 17.3 Å². The molecule has 0 amide bonds. The number of hydrogen-bond acceptors (Lipinski definition) is 6. The molecule has 78 valence electrons. The molecule has 5 nitrogen and oxygen atoms in total. The molecule has 0 unspecified atom stereocenters. The van der Waals surface area contributed by atoms with Crippen molar-refractivity contribution in [3.8, 4) is 0 Å². The van der Waals surface area contributed by atoms with Crippen molar-refractivity contribution in [3.63, 3.8) is 0 Å². The molecule has 0 saturated carbocycles. The van der Waals surface area contributed by atoms with E-state index in [0.29, 0.717) is 5.56 Å². The van der Waals surface area contributed by atoms with Gasteiger partial charge in [0.15, 0.2) is 5.82 Å². The molecular formula is C8H13N3O2S. The molecule has 0 spiro atoms. The van der Waals surface area contributed by atoms with Crippen molar-refractivity contribution in [2.75, 3.05) is 31.3 Å². The topological polar surface area (TPSA) is 68.5 Å². The molecule has 6 heteroatoms. The number of methoxy groups -OCH3 is 1. The van der Waals surface area contributed by atoms with Crippen molar-refractivity contribution in [1.29, 1.82) is 0 Å². The minimum atomic E-state index is -0.438. The zero-order chi connectivity index (χ0) is 10.7. The van der Waals surface area contributed by atoms with Crippen LogP contribution in [0.15, 0.2) is 0 Å². The number of aromatic nitrogens is 1. The van der Waals surface area contributed by atoms with Gasteiger partial charge in [0.25, 0.3) is 0 Å². The lowest BCUT2D eigenvalue weighted by Crippen LogP contribution is -2.18. The first-order valence-corrected chi connectivity index (χ1v) is 4.93. The lowest BCUT2D eigenvalue weighted by molar-refractivity contribution is 0.0603. The average Bonchev–Trinajstić information content (AvgIpc) is 2.58. The second-order valence-electron chi connectivity index (χ2n) is 2.75. The van der Waals surface area contributed by atoms with Crippen molar-refractivity contribution < 1.29 is 9.53 Å². The van der Waals surface area contributed by atoms with Crippen LogP contribution in [-0.2, 0) is 4.74 Å². The molecule has 2 N–H and O–H groups in total. The van der Waals surface area contributed by atoms with Crippen molar-refractivity contribution in [3.05, 3.63) is 5.56 Å². The van der Waals surface area contributed by atoms with Gasteiger partial charge in [-0.15, -0.1) is 0 Å². The highest BCUT2D eigenvalue weighted by Crippen LogP contribution is 2.29. The van der Waals surface area contributed by atoms with E-state index in [4.69, 9.17) is 5.73 Å². The third-order valence-corrected chi connectivity index (χ3v) is 2.89. The predicted molar refractivity (Wildman–Crippen MR) is 56.8 cm³/mol. The smallest absolute Gasteiger partial charge is 0.344 e. The number of nitrogens with zero attached hydrogens (tertiary/aromatic N) is 2. The Morgan fingerprint density at radius 3 is 2.86 bits per heavy atom. The molecule has 1 rings (SSSR count). The quantitative estimate of drug-likeness (QED) is 0.761. The number of ether oxygens (including phenoxy) is 1. The lowest BCUT2D eigenvalue weighted by atomic mass is 10.3. The number of carbonyl (C=O) groups excluding carboxylic acids is 1. The summed E-state index contributed by atoms with van der Waals surface area (Å²) in [5.74, 6) is -0.205. The third kappa shape index (κ3) is 1.79. The fraction of sp³-hybridized carbons (Fsp3) is 0.500. The zero-order valence-electron chi connectivity index (χ0n) is 8.40. The predicted octanol–water partition coefficient (Wildman–Crippen LogP) is 0.968. The van der Waals surface area contributed by atoms with Gasteiger partial charge in [0.1, 0.15) is 10.6 Å². The molecule has 0 aliphatic heterocycles. The van der Waals surface area contributed by atoms with E-state index >= 15 is 0 Å². The second kappa shape index (κ2) is 4.28. The van der Waals surface area contributed by atoms with Gasteiger partial charge in [-0.25, -0.2) is 4.79 Å². The maximum absolute atomic E-state index is 11.4. The lowest BCUT2D eigenvalue weighted by Gasteiger charge is -2.14. The van der Waals surface area contributed by atoms with E-state index in [9.17, 15) is 4.79 Å². The van der Waals surface area contributed by atoms with Crippen LogP contribution in [0.25, 0.3) is 0 Å². The first-order chi connectivity index (χ1) is 6.61. The zero-order valence-corrected chi connectivity index (χ0v) is 9.22. The van der Waals surface area contributed by atoms with E-state index in [1.807, 2.05) is 18.9 Å². The third-order valence-electron chi connectivity index (χ3n) is 1.91. The number of anilines is 2. The number of hydrogen-bond donors (Lipinski definition) is 1. The number of nitrogens with two attached hydrogens (primary N) is 1. The van der Waals surface area contributed by atoms with Gasteiger partial charge in [0.05, 0.1) is 7.11 Å². The summed E-state index contributed by atoms with van der Waals surface area (Å²) in [7, 11) is 3.20. The van der Waals surface area contributed by atoms with Crippen molar-refractivity contribution in [2.45, 2.75) is 6.92 Å². The van der Waals surface area contributed by atoms with Crippen molar-refractivity contribution in [2.24, 2.45) is 0 Å². The van der Waals surface area contributed by atoms with Gasteiger partial charge in [0.2, 0.25) is 0 Å². The summed E-state index contributed by atoms with van der Waals surface area (Å²) in [4.78, 5) is 13.3. The van der Waals surface area contributed by atoms with Gasteiger partial charge in [0, 0.05) is 13.6 Å². The Bertz CT molecular complexity index is 337. The molecule has 0 fully saturated rings. The maximum Gasteiger partial charge on any atom is 0.344 e. The highest BCUT2D eigenvalue weighted by atomic mass is 32.1. The minimum Gasteiger partial charge on any atom is -0.465 e.